The zero-order valence-corrected chi connectivity index (χ0v) is 17.0. The lowest BCUT2D eigenvalue weighted by molar-refractivity contribution is -0.138. The van der Waals surface area contributed by atoms with Gasteiger partial charge in [0.25, 0.3) is 5.91 Å². The monoisotopic (exact) mass is 417 g/mol. The third-order valence-electron chi connectivity index (χ3n) is 5.88. The molecule has 7 heteroatoms. The number of likely N-dealkylation sites (N-methyl/N-ethyl adjacent to an activating group) is 1. The van der Waals surface area contributed by atoms with E-state index < -0.39 is 17.6 Å². The molecule has 0 radical (unpaired) electrons. The summed E-state index contributed by atoms with van der Waals surface area (Å²) in [6.07, 6.45) is -2.13. The number of piperazine rings is 1. The lowest BCUT2D eigenvalue weighted by Gasteiger charge is -2.33. The fourth-order valence-electron chi connectivity index (χ4n) is 3.83. The molecular weight excluding hydrogens is 391 g/mol. The molecule has 1 aliphatic carbocycles. The Morgan fingerprint density at radius 1 is 1.03 bits per heavy atom. The van der Waals surface area contributed by atoms with E-state index in [4.69, 9.17) is 0 Å². The van der Waals surface area contributed by atoms with Crippen molar-refractivity contribution in [2.75, 3.05) is 38.5 Å². The zero-order valence-electron chi connectivity index (χ0n) is 17.0. The molecule has 1 N–H and O–H groups in total. The predicted molar refractivity (Wildman–Crippen MR) is 111 cm³/mol. The molecule has 4 nitrogen and oxygen atoms in total. The van der Waals surface area contributed by atoms with E-state index in [2.05, 4.69) is 10.2 Å². The second-order valence-electron chi connectivity index (χ2n) is 8.30. The molecule has 2 aromatic rings. The van der Waals surface area contributed by atoms with Crippen LogP contribution in [0, 0.1) is 0 Å². The van der Waals surface area contributed by atoms with E-state index in [0.29, 0.717) is 11.5 Å². The fraction of sp³-hybridized carbons (Fsp3) is 0.435. The molecule has 2 aliphatic rings. The van der Waals surface area contributed by atoms with Crippen LogP contribution in [0.4, 0.5) is 18.9 Å². The fourth-order valence-corrected chi connectivity index (χ4v) is 3.83. The molecule has 0 atom stereocenters. The maximum absolute atomic E-state index is 13.7. The van der Waals surface area contributed by atoms with E-state index in [-0.39, 0.29) is 17.8 Å². The third-order valence-corrected chi connectivity index (χ3v) is 5.88. The molecule has 160 valence electrons. The Hall–Kier alpha value is -2.38. The van der Waals surface area contributed by atoms with Crippen LogP contribution >= 0.6 is 0 Å². The van der Waals surface area contributed by atoms with Crippen LogP contribution in [0.5, 0.6) is 0 Å². The van der Waals surface area contributed by atoms with Crippen LogP contribution in [0.1, 0.15) is 45.8 Å². The van der Waals surface area contributed by atoms with Crippen LogP contribution in [0.25, 0.3) is 0 Å². The Kier molecular flexibility index (Phi) is 5.84. The van der Waals surface area contributed by atoms with Crippen molar-refractivity contribution >= 4 is 11.6 Å². The smallest absolute Gasteiger partial charge is 0.322 e. The molecule has 1 heterocycles. The number of alkyl halides is 3. The molecule has 1 aliphatic heterocycles. The summed E-state index contributed by atoms with van der Waals surface area (Å²) in [7, 11) is 2.01. The van der Waals surface area contributed by atoms with Crippen LogP contribution in [0.3, 0.4) is 0 Å². The highest BCUT2D eigenvalue weighted by atomic mass is 19.4. The molecular formula is C23H26F3N3O. The quantitative estimate of drug-likeness (QED) is 0.774. The average molecular weight is 417 g/mol. The van der Waals surface area contributed by atoms with Gasteiger partial charge in [-0.1, -0.05) is 18.2 Å². The van der Waals surface area contributed by atoms with E-state index in [1.165, 1.54) is 24.5 Å². The number of hydrogen-bond acceptors (Lipinski definition) is 3. The first-order chi connectivity index (χ1) is 14.3. The summed E-state index contributed by atoms with van der Waals surface area (Å²) in [4.78, 5) is 16.7. The highest BCUT2D eigenvalue weighted by Crippen LogP contribution is 2.40. The minimum atomic E-state index is -4.48. The Labute approximate surface area is 174 Å². The standard InChI is InChI=1S/C23H26F3N3O/c1-28-10-12-29(13-11-28)15-19-8-9-20(14-21(19)23(24,25)26)27-22(30)18-6-4-17(5-7-18)16-2-3-16/h4-9,14,16H,2-3,10-13,15H2,1H3,(H,27,30). The molecule has 0 bridgehead atoms. The van der Waals surface area contributed by atoms with Crippen molar-refractivity contribution in [3.8, 4) is 0 Å². The number of halogens is 3. The number of nitrogens with one attached hydrogen (secondary N) is 1. The summed E-state index contributed by atoms with van der Waals surface area (Å²) in [5.74, 6) is 0.182. The molecule has 1 amide bonds. The number of rotatable bonds is 5. The molecule has 1 saturated carbocycles. The van der Waals surface area contributed by atoms with Gasteiger partial charge >= 0.3 is 6.18 Å². The number of carbonyl (C=O) groups is 1. The largest absolute Gasteiger partial charge is 0.416 e. The van der Waals surface area contributed by atoms with Gasteiger partial charge in [-0.2, -0.15) is 13.2 Å². The molecule has 2 fully saturated rings. The van der Waals surface area contributed by atoms with Crippen molar-refractivity contribution in [3.63, 3.8) is 0 Å². The van der Waals surface area contributed by atoms with Gasteiger partial charge in [0.2, 0.25) is 0 Å². The van der Waals surface area contributed by atoms with Crippen molar-refractivity contribution < 1.29 is 18.0 Å². The second-order valence-corrected chi connectivity index (χ2v) is 8.30. The molecule has 0 unspecified atom stereocenters. The van der Waals surface area contributed by atoms with Crippen LogP contribution in [-0.4, -0.2) is 48.9 Å². The lowest BCUT2D eigenvalue weighted by Crippen LogP contribution is -2.44. The topological polar surface area (TPSA) is 35.6 Å². The van der Waals surface area contributed by atoms with Gasteiger partial charge in [-0.25, -0.2) is 0 Å². The van der Waals surface area contributed by atoms with Gasteiger partial charge in [-0.15, -0.1) is 0 Å². The Bertz CT molecular complexity index is 899. The number of nitrogens with zero attached hydrogens (tertiary/aromatic N) is 2. The predicted octanol–water partition coefficient (Wildman–Crippen LogP) is 4.58. The normalized spacial score (nSPS) is 18.4. The molecule has 30 heavy (non-hydrogen) atoms. The summed E-state index contributed by atoms with van der Waals surface area (Å²) in [6.45, 7) is 3.41. The minimum Gasteiger partial charge on any atom is -0.322 e. The van der Waals surface area contributed by atoms with Gasteiger partial charge in [0, 0.05) is 44.0 Å². The lowest BCUT2D eigenvalue weighted by atomic mass is 10.0. The van der Waals surface area contributed by atoms with Crippen molar-refractivity contribution in [1.29, 1.82) is 0 Å². The van der Waals surface area contributed by atoms with Gasteiger partial charge < -0.3 is 10.2 Å². The SMILES string of the molecule is CN1CCN(Cc2ccc(NC(=O)c3ccc(C4CC4)cc3)cc2C(F)(F)F)CC1. The van der Waals surface area contributed by atoms with Gasteiger partial charge in [0.05, 0.1) is 5.56 Å². The van der Waals surface area contributed by atoms with Gasteiger partial charge in [-0.05, 0) is 61.2 Å². The number of carbonyl (C=O) groups excluding carboxylic acids is 1. The van der Waals surface area contributed by atoms with E-state index in [9.17, 15) is 18.0 Å². The highest BCUT2D eigenvalue weighted by Gasteiger charge is 2.34. The maximum Gasteiger partial charge on any atom is 0.416 e. The summed E-state index contributed by atoms with van der Waals surface area (Å²) in [5.41, 5.74) is 1.34. The first-order valence-electron chi connectivity index (χ1n) is 10.3. The number of anilines is 1. The van der Waals surface area contributed by atoms with Crippen molar-refractivity contribution in [2.45, 2.75) is 31.5 Å². The maximum atomic E-state index is 13.7. The number of benzene rings is 2. The highest BCUT2D eigenvalue weighted by molar-refractivity contribution is 6.04. The average Bonchev–Trinajstić information content (AvgIpc) is 3.55. The van der Waals surface area contributed by atoms with Crippen molar-refractivity contribution in [1.82, 2.24) is 9.80 Å². The van der Waals surface area contributed by atoms with Crippen molar-refractivity contribution in [3.05, 3.63) is 64.7 Å². The van der Waals surface area contributed by atoms with Gasteiger partial charge in [0.15, 0.2) is 0 Å². The van der Waals surface area contributed by atoms with Crippen LogP contribution in [-0.2, 0) is 12.7 Å². The molecule has 4 rings (SSSR count). The van der Waals surface area contributed by atoms with Crippen LogP contribution in [0.2, 0.25) is 0 Å². The molecule has 0 aromatic heterocycles. The number of amides is 1. The number of hydrogen-bond donors (Lipinski definition) is 1. The first-order valence-corrected chi connectivity index (χ1v) is 10.3. The third kappa shape index (κ3) is 5.02. The van der Waals surface area contributed by atoms with Gasteiger partial charge in [-0.3, -0.25) is 9.69 Å². The Balaban J connectivity index is 1.48. The van der Waals surface area contributed by atoms with Crippen molar-refractivity contribution in [2.24, 2.45) is 0 Å². The first kappa shape index (κ1) is 20.9. The van der Waals surface area contributed by atoms with Gasteiger partial charge in [0.1, 0.15) is 0 Å². The Morgan fingerprint density at radius 2 is 1.70 bits per heavy atom. The van der Waals surface area contributed by atoms with E-state index >= 15 is 0 Å². The van der Waals surface area contributed by atoms with E-state index in [1.54, 1.807) is 18.2 Å². The minimum absolute atomic E-state index is 0.153. The summed E-state index contributed by atoms with van der Waals surface area (Å²) < 4.78 is 41.1. The summed E-state index contributed by atoms with van der Waals surface area (Å²) in [6, 6.07) is 11.4. The summed E-state index contributed by atoms with van der Waals surface area (Å²) in [5, 5.41) is 2.61. The van der Waals surface area contributed by atoms with Crippen LogP contribution < -0.4 is 5.32 Å². The van der Waals surface area contributed by atoms with E-state index in [0.717, 1.165) is 32.2 Å². The van der Waals surface area contributed by atoms with Crippen LogP contribution in [0.15, 0.2) is 42.5 Å². The zero-order chi connectivity index (χ0) is 21.3. The molecule has 1 saturated heterocycles. The molecule has 0 spiro atoms. The molecule has 2 aromatic carbocycles. The van der Waals surface area contributed by atoms with E-state index in [1.807, 2.05) is 24.1 Å². The second kappa shape index (κ2) is 8.40. The summed E-state index contributed by atoms with van der Waals surface area (Å²) >= 11 is 0. The Morgan fingerprint density at radius 3 is 2.30 bits per heavy atom.